The van der Waals surface area contributed by atoms with Gasteiger partial charge in [-0.25, -0.2) is 14.3 Å². The first kappa shape index (κ1) is 15.5. The lowest BCUT2D eigenvalue weighted by molar-refractivity contribution is 0.174. The van der Waals surface area contributed by atoms with Crippen LogP contribution in [0.25, 0.3) is 11.0 Å². The van der Waals surface area contributed by atoms with Gasteiger partial charge < -0.3 is 4.74 Å². The molecule has 1 aromatic heterocycles. The van der Waals surface area contributed by atoms with Gasteiger partial charge in [0.15, 0.2) is 0 Å². The maximum Gasteiger partial charge on any atom is 0.419 e. The molecule has 4 heteroatoms. The minimum Gasteiger partial charge on any atom is -0.452 e. The lowest BCUT2D eigenvalue weighted by atomic mass is 9.92. The fraction of sp³-hybridized carbons (Fsp3) is 0.529. The molecule has 114 valence electrons. The molecule has 0 unspecified atom stereocenters. The van der Waals surface area contributed by atoms with Gasteiger partial charge in [0.1, 0.15) is 6.33 Å². The van der Waals surface area contributed by atoms with E-state index in [1.54, 1.807) is 0 Å². The van der Waals surface area contributed by atoms with Gasteiger partial charge in [0.2, 0.25) is 0 Å². The Kier molecular flexibility index (Phi) is 4.66. The molecule has 0 saturated heterocycles. The third kappa shape index (κ3) is 3.43. The van der Waals surface area contributed by atoms with Crippen molar-refractivity contribution in [2.75, 3.05) is 7.11 Å². The predicted octanol–water partition coefficient (Wildman–Crippen LogP) is 4.05. The van der Waals surface area contributed by atoms with Crippen molar-refractivity contribution in [3.63, 3.8) is 0 Å². The van der Waals surface area contributed by atoms with Crippen molar-refractivity contribution in [2.24, 2.45) is 11.8 Å². The minimum absolute atomic E-state index is 0.399. The highest BCUT2D eigenvalue weighted by Crippen LogP contribution is 2.24. The Morgan fingerprint density at radius 2 is 1.71 bits per heavy atom. The largest absolute Gasteiger partial charge is 0.452 e. The van der Waals surface area contributed by atoms with Crippen LogP contribution in [0.3, 0.4) is 0 Å². The normalized spacial score (nSPS) is 11.6. The highest BCUT2D eigenvalue weighted by molar-refractivity contribution is 5.87. The molecule has 0 radical (unpaired) electrons. The van der Waals surface area contributed by atoms with E-state index in [0.29, 0.717) is 11.8 Å². The number of hydrogen-bond donors (Lipinski definition) is 0. The molecular formula is C17H24N2O2. The topological polar surface area (TPSA) is 44.1 Å². The van der Waals surface area contributed by atoms with Gasteiger partial charge in [-0.05, 0) is 47.9 Å². The van der Waals surface area contributed by atoms with Gasteiger partial charge in [-0.3, -0.25) is 0 Å². The van der Waals surface area contributed by atoms with Crippen LogP contribution in [0.1, 0.15) is 38.8 Å². The van der Waals surface area contributed by atoms with Crippen LogP contribution in [0.2, 0.25) is 0 Å². The number of fused-ring (bicyclic) bond motifs is 1. The number of methoxy groups -OCH3 is 1. The van der Waals surface area contributed by atoms with Crippen molar-refractivity contribution in [1.82, 2.24) is 9.55 Å². The summed E-state index contributed by atoms with van der Waals surface area (Å²) >= 11 is 0. The molecule has 0 spiro atoms. The minimum atomic E-state index is -0.399. The highest BCUT2D eigenvalue weighted by atomic mass is 16.5. The summed E-state index contributed by atoms with van der Waals surface area (Å²) in [6.45, 7) is 8.86. The summed E-state index contributed by atoms with van der Waals surface area (Å²) in [5.74, 6) is 1.17. The summed E-state index contributed by atoms with van der Waals surface area (Å²) in [6, 6.07) is 4.21. The van der Waals surface area contributed by atoms with Crippen molar-refractivity contribution >= 4 is 17.1 Å². The molecule has 21 heavy (non-hydrogen) atoms. The molecule has 1 aromatic carbocycles. The maximum absolute atomic E-state index is 11.8. The Bertz CT molecular complexity index is 642. The number of carbonyl (C=O) groups excluding carboxylic acids is 1. The molecule has 0 amide bonds. The van der Waals surface area contributed by atoms with Crippen molar-refractivity contribution < 1.29 is 9.53 Å². The third-order valence-electron chi connectivity index (χ3n) is 3.50. The van der Waals surface area contributed by atoms with Gasteiger partial charge >= 0.3 is 6.09 Å². The summed E-state index contributed by atoms with van der Waals surface area (Å²) in [5.41, 5.74) is 4.31. The van der Waals surface area contributed by atoms with E-state index in [2.05, 4.69) is 44.8 Å². The van der Waals surface area contributed by atoms with E-state index in [1.807, 2.05) is 0 Å². The van der Waals surface area contributed by atoms with Crippen LogP contribution in [0, 0.1) is 11.8 Å². The van der Waals surface area contributed by atoms with Crippen LogP contribution < -0.4 is 0 Å². The first-order valence-electron chi connectivity index (χ1n) is 7.49. The van der Waals surface area contributed by atoms with E-state index >= 15 is 0 Å². The molecule has 2 rings (SSSR count). The van der Waals surface area contributed by atoms with E-state index in [-0.39, 0.29) is 0 Å². The number of rotatable bonds is 4. The van der Waals surface area contributed by atoms with Crippen molar-refractivity contribution in [3.8, 4) is 0 Å². The molecule has 0 aliphatic rings. The van der Waals surface area contributed by atoms with Crippen LogP contribution in [0.5, 0.6) is 0 Å². The molecular weight excluding hydrogens is 264 g/mol. The van der Waals surface area contributed by atoms with Crippen LogP contribution >= 0.6 is 0 Å². The SMILES string of the molecule is COC(=O)n1cnc2cc(CC(C)C)c(CC(C)C)cc21. The first-order chi connectivity index (χ1) is 9.92. The number of carbonyl (C=O) groups is 1. The van der Waals surface area contributed by atoms with Crippen LogP contribution in [-0.4, -0.2) is 22.8 Å². The summed E-state index contributed by atoms with van der Waals surface area (Å²) in [5, 5.41) is 0. The zero-order chi connectivity index (χ0) is 15.6. The van der Waals surface area contributed by atoms with Gasteiger partial charge in [0.05, 0.1) is 18.1 Å². The number of hydrogen-bond acceptors (Lipinski definition) is 3. The van der Waals surface area contributed by atoms with Gasteiger partial charge in [-0.1, -0.05) is 27.7 Å². The summed E-state index contributed by atoms with van der Waals surface area (Å²) < 4.78 is 6.27. The van der Waals surface area contributed by atoms with E-state index in [4.69, 9.17) is 4.74 Å². The van der Waals surface area contributed by atoms with E-state index in [9.17, 15) is 4.79 Å². The second-order valence-electron chi connectivity index (χ2n) is 6.39. The average Bonchev–Trinajstić information content (AvgIpc) is 2.79. The van der Waals surface area contributed by atoms with Crippen molar-refractivity contribution in [1.29, 1.82) is 0 Å². The van der Waals surface area contributed by atoms with Crippen LogP contribution in [-0.2, 0) is 17.6 Å². The Hall–Kier alpha value is -1.84. The van der Waals surface area contributed by atoms with Gasteiger partial charge in [-0.15, -0.1) is 0 Å². The second-order valence-corrected chi connectivity index (χ2v) is 6.39. The monoisotopic (exact) mass is 288 g/mol. The lowest BCUT2D eigenvalue weighted by Crippen LogP contribution is -2.10. The molecule has 0 aliphatic heterocycles. The Balaban J connectivity index is 2.55. The van der Waals surface area contributed by atoms with Crippen molar-refractivity contribution in [2.45, 2.75) is 40.5 Å². The molecule has 4 nitrogen and oxygen atoms in total. The average molecular weight is 288 g/mol. The van der Waals surface area contributed by atoms with E-state index < -0.39 is 6.09 Å². The van der Waals surface area contributed by atoms with Gasteiger partial charge in [-0.2, -0.15) is 0 Å². The second kappa shape index (κ2) is 6.29. The summed E-state index contributed by atoms with van der Waals surface area (Å²) in [4.78, 5) is 16.1. The van der Waals surface area contributed by atoms with E-state index in [0.717, 1.165) is 23.9 Å². The van der Waals surface area contributed by atoms with Crippen LogP contribution in [0.4, 0.5) is 4.79 Å². The lowest BCUT2D eigenvalue weighted by Gasteiger charge is -2.14. The zero-order valence-electron chi connectivity index (χ0n) is 13.5. The maximum atomic E-state index is 11.8. The third-order valence-corrected chi connectivity index (χ3v) is 3.50. The fourth-order valence-corrected chi connectivity index (χ4v) is 2.65. The Morgan fingerprint density at radius 3 is 2.24 bits per heavy atom. The first-order valence-corrected chi connectivity index (χ1v) is 7.49. The van der Waals surface area contributed by atoms with Crippen LogP contribution in [0.15, 0.2) is 18.5 Å². The molecule has 0 aliphatic carbocycles. The zero-order valence-corrected chi connectivity index (χ0v) is 13.5. The molecule has 0 saturated carbocycles. The standard InChI is InChI=1S/C17H24N2O2/c1-11(2)6-13-8-15-16(9-14(13)7-12(3)4)19(10-18-15)17(20)21-5/h8-12H,6-7H2,1-5H3. The number of imidazole rings is 1. The number of ether oxygens (including phenoxy) is 1. The smallest absolute Gasteiger partial charge is 0.419 e. The van der Waals surface area contributed by atoms with Gasteiger partial charge in [0.25, 0.3) is 0 Å². The summed E-state index contributed by atoms with van der Waals surface area (Å²) in [7, 11) is 1.39. The number of aromatic nitrogens is 2. The molecule has 2 aromatic rings. The van der Waals surface area contributed by atoms with Crippen molar-refractivity contribution in [3.05, 3.63) is 29.6 Å². The van der Waals surface area contributed by atoms with Gasteiger partial charge in [0, 0.05) is 0 Å². The number of nitrogens with zero attached hydrogens (tertiary/aromatic N) is 2. The number of benzene rings is 1. The quantitative estimate of drug-likeness (QED) is 0.852. The Morgan fingerprint density at radius 1 is 1.14 bits per heavy atom. The fourth-order valence-electron chi connectivity index (χ4n) is 2.65. The summed E-state index contributed by atoms with van der Waals surface area (Å²) in [6.07, 6.45) is 3.17. The molecule has 0 N–H and O–H groups in total. The molecule has 0 bridgehead atoms. The molecule has 0 fully saturated rings. The predicted molar refractivity (Wildman–Crippen MR) is 84.6 cm³/mol. The molecule has 0 atom stereocenters. The Labute approximate surface area is 126 Å². The van der Waals surface area contributed by atoms with E-state index in [1.165, 1.54) is 29.1 Å². The molecule has 1 heterocycles. The highest BCUT2D eigenvalue weighted by Gasteiger charge is 2.15.